The minimum Gasteiger partial charge on any atom is -0.467 e. The van der Waals surface area contributed by atoms with Crippen LogP contribution in [0.3, 0.4) is 0 Å². The molecule has 110 valence electrons. The van der Waals surface area contributed by atoms with Crippen LogP contribution in [-0.2, 0) is 9.53 Å². The van der Waals surface area contributed by atoms with E-state index < -0.39 is 12.0 Å². The quantitative estimate of drug-likeness (QED) is 0.845. The van der Waals surface area contributed by atoms with E-state index in [0.29, 0.717) is 24.2 Å². The van der Waals surface area contributed by atoms with Crippen LogP contribution < -0.4 is 5.32 Å². The van der Waals surface area contributed by atoms with Crippen molar-refractivity contribution in [1.82, 2.24) is 4.90 Å². The fourth-order valence-electron chi connectivity index (χ4n) is 2.42. The van der Waals surface area contributed by atoms with E-state index >= 15 is 0 Å². The molecule has 6 nitrogen and oxygen atoms in total. The SMILES string of the molecule is COC(=O)C1CCCCN1C(=O)Nc1cccc(C#N)c1. The number of nitriles is 1. The summed E-state index contributed by atoms with van der Waals surface area (Å²) in [6, 6.07) is 7.78. The van der Waals surface area contributed by atoms with Crippen molar-refractivity contribution in [3.63, 3.8) is 0 Å². The van der Waals surface area contributed by atoms with Crippen molar-refractivity contribution in [2.75, 3.05) is 19.0 Å². The number of hydrogen-bond donors (Lipinski definition) is 1. The van der Waals surface area contributed by atoms with Gasteiger partial charge >= 0.3 is 12.0 Å². The van der Waals surface area contributed by atoms with Gasteiger partial charge in [-0.25, -0.2) is 9.59 Å². The Labute approximate surface area is 123 Å². The number of rotatable bonds is 2. The smallest absolute Gasteiger partial charge is 0.328 e. The summed E-state index contributed by atoms with van der Waals surface area (Å²) in [7, 11) is 1.32. The average Bonchev–Trinajstić information content (AvgIpc) is 2.54. The van der Waals surface area contributed by atoms with Crippen LogP contribution >= 0.6 is 0 Å². The molecule has 0 aromatic heterocycles. The number of ether oxygens (including phenoxy) is 1. The lowest BCUT2D eigenvalue weighted by Crippen LogP contribution is -2.50. The molecule has 0 bridgehead atoms. The van der Waals surface area contributed by atoms with Crippen LogP contribution in [0.2, 0.25) is 0 Å². The third-order valence-corrected chi connectivity index (χ3v) is 3.48. The largest absolute Gasteiger partial charge is 0.467 e. The number of esters is 1. The molecule has 0 aliphatic carbocycles. The Morgan fingerprint density at radius 2 is 2.24 bits per heavy atom. The third-order valence-electron chi connectivity index (χ3n) is 3.48. The second-order valence-corrected chi connectivity index (χ2v) is 4.85. The Morgan fingerprint density at radius 3 is 2.95 bits per heavy atom. The number of nitrogens with zero attached hydrogens (tertiary/aromatic N) is 2. The number of nitrogens with one attached hydrogen (secondary N) is 1. The summed E-state index contributed by atoms with van der Waals surface area (Å²) in [5.74, 6) is -0.393. The van der Waals surface area contributed by atoms with Crippen molar-refractivity contribution < 1.29 is 14.3 Å². The fraction of sp³-hybridized carbons (Fsp3) is 0.400. The van der Waals surface area contributed by atoms with Gasteiger partial charge in [-0.3, -0.25) is 0 Å². The molecule has 1 aromatic rings. The van der Waals surface area contributed by atoms with Gasteiger partial charge in [0.05, 0.1) is 18.7 Å². The van der Waals surface area contributed by atoms with Gasteiger partial charge in [0, 0.05) is 12.2 Å². The molecule has 1 heterocycles. The second kappa shape index (κ2) is 6.75. The molecular weight excluding hydrogens is 270 g/mol. The Bertz CT molecular complexity index is 580. The number of carbonyl (C=O) groups is 2. The Hall–Kier alpha value is -2.55. The van der Waals surface area contributed by atoms with E-state index in [9.17, 15) is 9.59 Å². The topological polar surface area (TPSA) is 82.4 Å². The van der Waals surface area contributed by atoms with Crippen molar-refractivity contribution >= 4 is 17.7 Å². The number of amides is 2. The molecule has 21 heavy (non-hydrogen) atoms. The van der Waals surface area contributed by atoms with Crippen molar-refractivity contribution in [2.45, 2.75) is 25.3 Å². The van der Waals surface area contributed by atoms with Crippen LogP contribution in [0.1, 0.15) is 24.8 Å². The molecule has 0 saturated carbocycles. The van der Waals surface area contributed by atoms with Crippen LogP contribution in [-0.4, -0.2) is 36.6 Å². The van der Waals surface area contributed by atoms with Gasteiger partial charge in [0.15, 0.2) is 0 Å². The number of methoxy groups -OCH3 is 1. The summed E-state index contributed by atoms with van der Waals surface area (Å²) in [6.45, 7) is 0.517. The maximum absolute atomic E-state index is 12.3. The summed E-state index contributed by atoms with van der Waals surface area (Å²) in [4.78, 5) is 25.6. The summed E-state index contributed by atoms with van der Waals surface area (Å²) < 4.78 is 4.75. The molecule has 1 atom stereocenters. The monoisotopic (exact) mass is 287 g/mol. The van der Waals surface area contributed by atoms with Crippen molar-refractivity contribution in [1.29, 1.82) is 5.26 Å². The molecule has 1 aliphatic heterocycles. The Balaban J connectivity index is 2.10. The zero-order valence-electron chi connectivity index (χ0n) is 11.8. The first-order valence-electron chi connectivity index (χ1n) is 6.81. The minimum absolute atomic E-state index is 0.347. The highest BCUT2D eigenvalue weighted by Crippen LogP contribution is 2.20. The summed E-state index contributed by atoms with van der Waals surface area (Å²) in [5, 5.41) is 11.6. The van der Waals surface area contributed by atoms with Crippen LogP contribution in [0.4, 0.5) is 10.5 Å². The lowest BCUT2D eigenvalue weighted by molar-refractivity contribution is -0.146. The van der Waals surface area contributed by atoms with Gasteiger partial charge in [0.25, 0.3) is 0 Å². The minimum atomic E-state index is -0.539. The van der Waals surface area contributed by atoms with Crippen LogP contribution in [0.5, 0.6) is 0 Å². The lowest BCUT2D eigenvalue weighted by atomic mass is 10.0. The van der Waals surface area contributed by atoms with Crippen LogP contribution in [0, 0.1) is 11.3 Å². The second-order valence-electron chi connectivity index (χ2n) is 4.85. The number of anilines is 1. The van der Waals surface area contributed by atoms with E-state index in [2.05, 4.69) is 5.32 Å². The Morgan fingerprint density at radius 1 is 1.43 bits per heavy atom. The number of piperidine rings is 1. The zero-order chi connectivity index (χ0) is 15.2. The number of likely N-dealkylation sites (tertiary alicyclic amines) is 1. The molecule has 1 aliphatic rings. The predicted octanol–water partition coefficient (Wildman–Crippen LogP) is 2.12. The van der Waals surface area contributed by atoms with Crippen LogP contribution in [0.25, 0.3) is 0 Å². The van der Waals surface area contributed by atoms with Gasteiger partial charge in [-0.2, -0.15) is 5.26 Å². The van der Waals surface area contributed by atoms with Crippen molar-refractivity contribution in [3.05, 3.63) is 29.8 Å². The van der Waals surface area contributed by atoms with Gasteiger partial charge in [-0.15, -0.1) is 0 Å². The molecule has 1 N–H and O–H groups in total. The maximum atomic E-state index is 12.3. The first-order valence-corrected chi connectivity index (χ1v) is 6.81. The number of carbonyl (C=O) groups excluding carboxylic acids is 2. The summed E-state index contributed by atoms with van der Waals surface area (Å²) in [5.41, 5.74) is 1.00. The lowest BCUT2D eigenvalue weighted by Gasteiger charge is -2.33. The molecule has 1 fully saturated rings. The number of hydrogen-bond acceptors (Lipinski definition) is 4. The van der Waals surface area contributed by atoms with E-state index in [-0.39, 0.29) is 6.03 Å². The third kappa shape index (κ3) is 3.51. The van der Waals surface area contributed by atoms with Gasteiger partial charge in [-0.05, 0) is 37.5 Å². The van der Waals surface area contributed by atoms with E-state index in [0.717, 1.165) is 12.8 Å². The van der Waals surface area contributed by atoms with E-state index in [1.165, 1.54) is 12.0 Å². The molecule has 6 heteroatoms. The molecule has 2 rings (SSSR count). The van der Waals surface area contributed by atoms with Crippen LogP contribution in [0.15, 0.2) is 24.3 Å². The normalized spacial score (nSPS) is 17.7. The standard InChI is InChI=1S/C15H17N3O3/c1-21-14(19)13-7-2-3-8-18(13)15(20)17-12-6-4-5-11(9-12)10-16/h4-6,9,13H,2-3,7-8H2,1H3,(H,17,20). The highest BCUT2D eigenvalue weighted by Gasteiger charge is 2.32. The highest BCUT2D eigenvalue weighted by molar-refractivity contribution is 5.92. The van der Waals surface area contributed by atoms with E-state index in [1.807, 2.05) is 6.07 Å². The number of urea groups is 1. The van der Waals surface area contributed by atoms with Gasteiger partial charge in [-0.1, -0.05) is 6.07 Å². The van der Waals surface area contributed by atoms with Gasteiger partial charge < -0.3 is 15.0 Å². The average molecular weight is 287 g/mol. The highest BCUT2D eigenvalue weighted by atomic mass is 16.5. The van der Waals surface area contributed by atoms with Gasteiger partial charge in [0.1, 0.15) is 6.04 Å². The maximum Gasteiger partial charge on any atom is 0.328 e. The molecule has 1 saturated heterocycles. The van der Waals surface area contributed by atoms with Crippen molar-refractivity contribution in [2.24, 2.45) is 0 Å². The molecule has 0 spiro atoms. The van der Waals surface area contributed by atoms with E-state index in [4.69, 9.17) is 10.00 Å². The van der Waals surface area contributed by atoms with E-state index in [1.54, 1.807) is 24.3 Å². The number of benzene rings is 1. The molecule has 2 amide bonds. The van der Waals surface area contributed by atoms with Crippen molar-refractivity contribution in [3.8, 4) is 6.07 Å². The molecular formula is C15H17N3O3. The first kappa shape index (κ1) is 14.9. The Kier molecular flexibility index (Phi) is 4.77. The first-order chi connectivity index (χ1) is 10.2. The summed E-state index contributed by atoms with van der Waals surface area (Å²) in [6.07, 6.45) is 2.37. The summed E-state index contributed by atoms with van der Waals surface area (Å²) >= 11 is 0. The predicted molar refractivity (Wildman–Crippen MR) is 76.5 cm³/mol. The molecule has 1 unspecified atom stereocenters. The fourth-order valence-corrected chi connectivity index (χ4v) is 2.42. The zero-order valence-corrected chi connectivity index (χ0v) is 11.8. The van der Waals surface area contributed by atoms with Gasteiger partial charge in [0.2, 0.25) is 0 Å². The molecule has 0 radical (unpaired) electrons. The molecule has 1 aromatic carbocycles.